The van der Waals surface area contributed by atoms with Crippen LogP contribution < -0.4 is 4.80 Å². The van der Waals surface area contributed by atoms with E-state index in [0.717, 1.165) is 15.8 Å². The number of carbonyl (C=O) groups excluding carboxylic acids is 2. The highest BCUT2D eigenvalue weighted by atomic mass is 32.1. The summed E-state index contributed by atoms with van der Waals surface area (Å²) in [7, 11) is 1.35. The Labute approximate surface area is 154 Å². The van der Waals surface area contributed by atoms with Crippen molar-refractivity contribution < 1.29 is 14.3 Å². The van der Waals surface area contributed by atoms with E-state index in [1.165, 1.54) is 18.4 Å². The van der Waals surface area contributed by atoms with E-state index in [9.17, 15) is 9.59 Å². The lowest BCUT2D eigenvalue weighted by atomic mass is 10.1. The van der Waals surface area contributed by atoms with Crippen LogP contribution in [0.4, 0.5) is 0 Å². The summed E-state index contributed by atoms with van der Waals surface area (Å²) in [5, 5.41) is 0. The van der Waals surface area contributed by atoms with Crippen LogP contribution >= 0.6 is 11.3 Å². The van der Waals surface area contributed by atoms with Gasteiger partial charge in [-0.2, -0.15) is 4.99 Å². The standard InChI is InChI=1S/C20H18N2O3S/c1-4-11-22-16-10-9-15(19(24)25-3)12-17(16)26-20(22)21-18(23)14-7-5-13(2)6-8-14/h4-10,12H,1,11H2,2-3H3. The Balaban J connectivity index is 2.12. The number of esters is 1. The second-order valence-corrected chi connectivity index (χ2v) is 6.75. The number of thiazole rings is 1. The van der Waals surface area contributed by atoms with Crippen molar-refractivity contribution in [2.24, 2.45) is 4.99 Å². The number of hydrogen-bond donors (Lipinski definition) is 0. The predicted octanol–water partition coefficient (Wildman–Crippen LogP) is 3.72. The van der Waals surface area contributed by atoms with E-state index in [4.69, 9.17) is 4.74 Å². The van der Waals surface area contributed by atoms with Gasteiger partial charge >= 0.3 is 5.97 Å². The highest BCUT2D eigenvalue weighted by Gasteiger charge is 2.12. The number of nitrogens with zero attached hydrogens (tertiary/aromatic N) is 2. The zero-order valence-corrected chi connectivity index (χ0v) is 15.4. The molecule has 3 rings (SSSR count). The van der Waals surface area contributed by atoms with Crippen molar-refractivity contribution in [3.8, 4) is 0 Å². The summed E-state index contributed by atoms with van der Waals surface area (Å²) in [5.74, 6) is -0.702. The summed E-state index contributed by atoms with van der Waals surface area (Å²) in [6.07, 6.45) is 1.75. The van der Waals surface area contributed by atoms with Gasteiger partial charge in [-0.1, -0.05) is 35.1 Å². The van der Waals surface area contributed by atoms with E-state index in [-0.39, 0.29) is 5.91 Å². The van der Waals surface area contributed by atoms with Gasteiger partial charge in [0.1, 0.15) is 0 Å². The maximum Gasteiger partial charge on any atom is 0.337 e. The summed E-state index contributed by atoms with van der Waals surface area (Å²) in [5.41, 5.74) is 2.97. The van der Waals surface area contributed by atoms with Gasteiger partial charge in [-0.3, -0.25) is 4.79 Å². The quantitative estimate of drug-likeness (QED) is 0.522. The van der Waals surface area contributed by atoms with E-state index < -0.39 is 5.97 Å². The van der Waals surface area contributed by atoms with E-state index in [0.29, 0.717) is 22.5 Å². The molecule has 0 radical (unpaired) electrons. The van der Waals surface area contributed by atoms with Gasteiger partial charge in [-0.15, -0.1) is 6.58 Å². The summed E-state index contributed by atoms with van der Waals surface area (Å²) >= 11 is 1.35. The number of aryl methyl sites for hydroxylation is 1. The Morgan fingerprint density at radius 1 is 1.19 bits per heavy atom. The van der Waals surface area contributed by atoms with Gasteiger partial charge in [0.05, 0.1) is 22.9 Å². The van der Waals surface area contributed by atoms with Gasteiger partial charge in [0.15, 0.2) is 4.80 Å². The van der Waals surface area contributed by atoms with Crippen molar-refractivity contribution in [2.45, 2.75) is 13.5 Å². The lowest BCUT2D eigenvalue weighted by Crippen LogP contribution is -2.16. The summed E-state index contributed by atoms with van der Waals surface area (Å²) < 4.78 is 7.52. The number of methoxy groups -OCH3 is 1. The minimum atomic E-state index is -0.398. The zero-order chi connectivity index (χ0) is 18.7. The number of ether oxygens (including phenoxy) is 1. The van der Waals surface area contributed by atoms with Crippen LogP contribution in [0.2, 0.25) is 0 Å². The average Bonchev–Trinajstić information content (AvgIpc) is 2.98. The first kappa shape index (κ1) is 17.8. The molecular weight excluding hydrogens is 348 g/mol. The molecule has 2 aromatic carbocycles. The molecule has 0 saturated heterocycles. The minimum absolute atomic E-state index is 0.303. The number of benzene rings is 2. The average molecular weight is 366 g/mol. The normalized spacial score (nSPS) is 11.5. The molecule has 1 heterocycles. The van der Waals surface area contributed by atoms with Crippen LogP contribution in [-0.4, -0.2) is 23.6 Å². The molecule has 0 fully saturated rings. The highest BCUT2D eigenvalue weighted by Crippen LogP contribution is 2.20. The molecule has 0 spiro atoms. The Bertz CT molecular complexity index is 1060. The zero-order valence-electron chi connectivity index (χ0n) is 14.6. The summed E-state index contributed by atoms with van der Waals surface area (Å²) in [6.45, 7) is 6.25. The highest BCUT2D eigenvalue weighted by molar-refractivity contribution is 7.16. The predicted molar refractivity (Wildman–Crippen MR) is 102 cm³/mol. The van der Waals surface area contributed by atoms with Crippen LogP contribution in [0.25, 0.3) is 10.2 Å². The summed E-state index contributed by atoms with van der Waals surface area (Å²) in [4.78, 5) is 29.1. The first-order chi connectivity index (χ1) is 12.5. The van der Waals surface area contributed by atoms with Gasteiger partial charge in [0, 0.05) is 12.1 Å². The smallest absolute Gasteiger partial charge is 0.337 e. The fraction of sp³-hybridized carbons (Fsp3) is 0.150. The van der Waals surface area contributed by atoms with Crippen LogP contribution in [0.5, 0.6) is 0 Å². The van der Waals surface area contributed by atoms with Crippen molar-refractivity contribution in [3.05, 3.63) is 76.6 Å². The lowest BCUT2D eigenvalue weighted by molar-refractivity contribution is 0.0601. The largest absolute Gasteiger partial charge is 0.465 e. The number of rotatable bonds is 4. The first-order valence-electron chi connectivity index (χ1n) is 8.02. The molecule has 3 aromatic rings. The minimum Gasteiger partial charge on any atom is -0.465 e. The third-order valence-electron chi connectivity index (χ3n) is 3.91. The van der Waals surface area contributed by atoms with E-state index in [1.807, 2.05) is 29.7 Å². The van der Waals surface area contributed by atoms with E-state index in [2.05, 4.69) is 11.6 Å². The Morgan fingerprint density at radius 3 is 2.54 bits per heavy atom. The number of hydrogen-bond acceptors (Lipinski definition) is 4. The number of fused-ring (bicyclic) bond motifs is 1. The molecule has 0 N–H and O–H groups in total. The molecule has 0 saturated carbocycles. The van der Waals surface area contributed by atoms with Gasteiger partial charge in [-0.05, 0) is 37.3 Å². The number of allylic oxidation sites excluding steroid dienone is 1. The number of aromatic nitrogens is 1. The Morgan fingerprint density at radius 2 is 1.88 bits per heavy atom. The molecule has 132 valence electrons. The Kier molecular flexibility index (Phi) is 5.14. The third-order valence-corrected chi connectivity index (χ3v) is 4.95. The van der Waals surface area contributed by atoms with Crippen molar-refractivity contribution >= 4 is 33.4 Å². The van der Waals surface area contributed by atoms with Gasteiger partial charge in [0.25, 0.3) is 5.91 Å². The first-order valence-corrected chi connectivity index (χ1v) is 8.83. The SMILES string of the molecule is C=CCn1c(=NC(=O)c2ccc(C)cc2)sc2cc(C(=O)OC)ccc21. The summed E-state index contributed by atoms with van der Waals surface area (Å²) in [6, 6.07) is 12.6. The maximum atomic E-state index is 12.5. The van der Waals surface area contributed by atoms with Crippen LogP contribution in [0, 0.1) is 6.92 Å². The monoisotopic (exact) mass is 366 g/mol. The van der Waals surface area contributed by atoms with Crippen LogP contribution in [-0.2, 0) is 11.3 Å². The molecule has 0 aliphatic rings. The number of carbonyl (C=O) groups is 2. The molecule has 0 bridgehead atoms. The molecule has 5 nitrogen and oxygen atoms in total. The van der Waals surface area contributed by atoms with Crippen molar-refractivity contribution in [3.63, 3.8) is 0 Å². The molecule has 0 unspecified atom stereocenters. The van der Waals surface area contributed by atoms with Gasteiger partial charge < -0.3 is 9.30 Å². The van der Waals surface area contributed by atoms with Gasteiger partial charge in [0.2, 0.25) is 0 Å². The van der Waals surface area contributed by atoms with Crippen LogP contribution in [0.15, 0.2) is 60.1 Å². The molecule has 26 heavy (non-hydrogen) atoms. The molecule has 1 aromatic heterocycles. The van der Waals surface area contributed by atoms with E-state index in [1.54, 1.807) is 30.3 Å². The second-order valence-electron chi connectivity index (χ2n) is 5.74. The van der Waals surface area contributed by atoms with Gasteiger partial charge in [-0.25, -0.2) is 4.79 Å². The van der Waals surface area contributed by atoms with Crippen molar-refractivity contribution in [1.82, 2.24) is 4.57 Å². The van der Waals surface area contributed by atoms with Crippen molar-refractivity contribution in [2.75, 3.05) is 7.11 Å². The third kappa shape index (κ3) is 3.50. The lowest BCUT2D eigenvalue weighted by Gasteiger charge is -2.02. The van der Waals surface area contributed by atoms with Crippen molar-refractivity contribution in [1.29, 1.82) is 0 Å². The number of amides is 1. The molecule has 0 aliphatic heterocycles. The maximum absolute atomic E-state index is 12.5. The molecule has 0 aliphatic carbocycles. The van der Waals surface area contributed by atoms with E-state index >= 15 is 0 Å². The fourth-order valence-electron chi connectivity index (χ4n) is 2.56. The fourth-order valence-corrected chi connectivity index (χ4v) is 3.63. The van der Waals surface area contributed by atoms with Crippen LogP contribution in [0.3, 0.4) is 0 Å². The second kappa shape index (κ2) is 7.49. The molecule has 0 atom stereocenters. The molecule has 6 heteroatoms. The molecular formula is C20H18N2O3S. The van der Waals surface area contributed by atoms with Crippen LogP contribution in [0.1, 0.15) is 26.3 Å². The topological polar surface area (TPSA) is 60.7 Å². The molecule has 1 amide bonds. The Hall–Kier alpha value is -2.99.